The number of benzene rings is 2. The summed E-state index contributed by atoms with van der Waals surface area (Å²) in [5.74, 6) is -1.08. The molecule has 2 N–H and O–H groups in total. The van der Waals surface area contributed by atoms with E-state index in [1.54, 1.807) is 43.1 Å². The van der Waals surface area contributed by atoms with Crippen LogP contribution in [0.5, 0.6) is 5.75 Å². The Bertz CT molecular complexity index is 1760. The van der Waals surface area contributed by atoms with E-state index in [-0.39, 0.29) is 34.6 Å². The summed E-state index contributed by atoms with van der Waals surface area (Å²) in [6.45, 7) is 5.68. The fraction of sp³-hybridized carbons (Fsp3) is 0.568. The van der Waals surface area contributed by atoms with Gasteiger partial charge in [0, 0.05) is 42.7 Å². The molecule has 2 amide bonds. The maximum atomic E-state index is 13.5. The number of fused-ring (bicyclic) bond motifs is 4. The summed E-state index contributed by atoms with van der Waals surface area (Å²) in [7, 11) is -2.23. The molecule has 1 saturated carbocycles. The zero-order valence-electron chi connectivity index (χ0n) is 28.0. The molecule has 2 aromatic rings. The van der Waals surface area contributed by atoms with E-state index in [9.17, 15) is 23.1 Å². The Morgan fingerprint density at radius 2 is 1.90 bits per heavy atom. The Labute approximate surface area is 288 Å². The third kappa shape index (κ3) is 5.71. The van der Waals surface area contributed by atoms with Crippen molar-refractivity contribution in [2.24, 2.45) is 23.7 Å². The van der Waals surface area contributed by atoms with Crippen molar-refractivity contribution in [3.05, 3.63) is 70.3 Å². The minimum absolute atomic E-state index is 0.0523. The van der Waals surface area contributed by atoms with E-state index in [2.05, 4.69) is 21.8 Å². The van der Waals surface area contributed by atoms with E-state index < -0.39 is 32.7 Å². The number of likely N-dealkylation sites (tertiary alicyclic amines) is 1. The molecule has 0 aromatic heterocycles. The number of hydrogen-bond acceptors (Lipinski definition) is 7. The third-order valence-electron chi connectivity index (χ3n) is 12.2. The number of carbonyl (C=O) groups is 2. The van der Waals surface area contributed by atoms with Gasteiger partial charge in [0.05, 0.1) is 29.1 Å². The van der Waals surface area contributed by atoms with Gasteiger partial charge < -0.3 is 19.6 Å². The number of ether oxygens (including phenoxy) is 1. The molecule has 1 spiro atoms. The fourth-order valence-corrected chi connectivity index (χ4v) is 10.4. The number of aliphatic hydroxyl groups is 1. The van der Waals surface area contributed by atoms with Crippen LogP contribution in [-0.2, 0) is 26.7 Å². The van der Waals surface area contributed by atoms with Crippen molar-refractivity contribution in [2.45, 2.75) is 75.1 Å². The van der Waals surface area contributed by atoms with Crippen LogP contribution in [0.3, 0.4) is 0 Å². The van der Waals surface area contributed by atoms with Crippen LogP contribution in [0.4, 0.5) is 5.69 Å². The monoisotopic (exact) mass is 695 g/mol. The molecule has 9 nitrogen and oxygen atoms in total. The van der Waals surface area contributed by atoms with Gasteiger partial charge in [0.2, 0.25) is 15.9 Å². The van der Waals surface area contributed by atoms with Gasteiger partial charge in [-0.05, 0) is 111 Å². The first kappa shape index (κ1) is 33.4. The molecule has 2 fully saturated rings. The SMILES string of the molecule is C[C@@H]1[C@@H](C)C/C=C\[C@@](O)([C@@H]2CCN(C)C2=O)[C@@H]2CC[C@H]2CN2C[C@@]3(CCCc4cc(Cl)ccc43)COc3ccc(cc32)C(=O)NS1(=O)=O. The van der Waals surface area contributed by atoms with Gasteiger partial charge in [-0.25, -0.2) is 13.1 Å². The Hall–Kier alpha value is -3.08. The van der Waals surface area contributed by atoms with Crippen molar-refractivity contribution in [3.8, 4) is 5.75 Å². The first-order valence-corrected chi connectivity index (χ1v) is 19.3. The molecule has 0 radical (unpaired) electrons. The van der Waals surface area contributed by atoms with Crippen molar-refractivity contribution in [1.29, 1.82) is 0 Å². The van der Waals surface area contributed by atoms with Gasteiger partial charge in [-0.1, -0.05) is 36.7 Å². The fourth-order valence-electron chi connectivity index (χ4n) is 8.93. The number of halogens is 1. The molecule has 258 valence electrons. The van der Waals surface area contributed by atoms with Crippen LogP contribution in [0.15, 0.2) is 48.6 Å². The molecule has 3 heterocycles. The summed E-state index contributed by atoms with van der Waals surface area (Å²) in [5, 5.41) is 12.4. The number of amides is 2. The number of carbonyl (C=O) groups excluding carboxylic acids is 2. The zero-order chi connectivity index (χ0) is 34.0. The largest absolute Gasteiger partial charge is 0.490 e. The van der Waals surface area contributed by atoms with E-state index in [1.165, 1.54) is 11.1 Å². The van der Waals surface area contributed by atoms with E-state index in [1.807, 2.05) is 19.1 Å². The molecule has 5 aliphatic rings. The Morgan fingerprint density at radius 3 is 2.62 bits per heavy atom. The average Bonchev–Trinajstić information content (AvgIpc) is 3.29. The summed E-state index contributed by atoms with van der Waals surface area (Å²) in [6.07, 6.45) is 9.11. The minimum Gasteiger partial charge on any atom is -0.490 e. The lowest BCUT2D eigenvalue weighted by atomic mass is 9.60. The second-order valence-electron chi connectivity index (χ2n) is 15.0. The van der Waals surface area contributed by atoms with Gasteiger partial charge in [0.25, 0.3) is 5.91 Å². The van der Waals surface area contributed by atoms with E-state index in [4.69, 9.17) is 16.3 Å². The van der Waals surface area contributed by atoms with Crippen molar-refractivity contribution in [1.82, 2.24) is 9.62 Å². The van der Waals surface area contributed by atoms with Gasteiger partial charge in [0.1, 0.15) is 5.75 Å². The summed E-state index contributed by atoms with van der Waals surface area (Å²) >= 11 is 6.44. The zero-order valence-corrected chi connectivity index (χ0v) is 29.5. The highest BCUT2D eigenvalue weighted by Crippen LogP contribution is 2.51. The Balaban J connectivity index is 1.34. The van der Waals surface area contributed by atoms with Crippen LogP contribution in [0.1, 0.15) is 73.9 Å². The highest BCUT2D eigenvalue weighted by molar-refractivity contribution is 7.90. The lowest BCUT2D eigenvalue weighted by Gasteiger charge is -2.50. The van der Waals surface area contributed by atoms with Crippen LogP contribution >= 0.6 is 11.6 Å². The molecule has 48 heavy (non-hydrogen) atoms. The van der Waals surface area contributed by atoms with Crippen LogP contribution in [0.2, 0.25) is 5.02 Å². The topological polar surface area (TPSA) is 116 Å². The molecular formula is C37H46ClN3O6S. The molecule has 11 heteroatoms. The number of hydrogen-bond donors (Lipinski definition) is 2. The summed E-state index contributed by atoms with van der Waals surface area (Å²) in [6, 6.07) is 11.3. The maximum Gasteiger partial charge on any atom is 0.264 e. The Kier molecular flexibility index (Phi) is 8.60. The molecule has 7 rings (SSSR count). The van der Waals surface area contributed by atoms with Gasteiger partial charge >= 0.3 is 0 Å². The van der Waals surface area contributed by atoms with Crippen LogP contribution in [0, 0.1) is 23.7 Å². The van der Waals surface area contributed by atoms with Crippen LogP contribution < -0.4 is 14.4 Å². The van der Waals surface area contributed by atoms with Crippen molar-refractivity contribution < 1.29 is 27.9 Å². The second kappa shape index (κ2) is 12.4. The molecule has 2 aliphatic carbocycles. The average molecular weight is 696 g/mol. The maximum absolute atomic E-state index is 13.5. The predicted octanol–water partition coefficient (Wildman–Crippen LogP) is 5.09. The number of nitrogens with one attached hydrogen (secondary N) is 1. The van der Waals surface area contributed by atoms with Crippen LogP contribution in [-0.4, -0.2) is 74.4 Å². The molecule has 3 aliphatic heterocycles. The van der Waals surface area contributed by atoms with Crippen molar-refractivity contribution in [2.75, 3.05) is 38.2 Å². The number of sulfonamides is 1. The van der Waals surface area contributed by atoms with E-state index in [0.29, 0.717) is 49.9 Å². The number of anilines is 1. The molecule has 7 atom stereocenters. The molecule has 2 bridgehead atoms. The first-order valence-electron chi connectivity index (χ1n) is 17.3. The third-order valence-corrected chi connectivity index (χ3v) is 14.3. The summed E-state index contributed by atoms with van der Waals surface area (Å²) in [5.41, 5.74) is 1.70. The molecule has 0 unspecified atom stereocenters. The van der Waals surface area contributed by atoms with Crippen molar-refractivity contribution >= 4 is 39.1 Å². The van der Waals surface area contributed by atoms with Gasteiger partial charge in [0.15, 0.2) is 0 Å². The van der Waals surface area contributed by atoms with Crippen molar-refractivity contribution in [3.63, 3.8) is 0 Å². The van der Waals surface area contributed by atoms with Gasteiger partial charge in [-0.2, -0.15) is 0 Å². The highest BCUT2D eigenvalue weighted by atomic mass is 35.5. The molecular weight excluding hydrogens is 650 g/mol. The predicted molar refractivity (Wildman–Crippen MR) is 186 cm³/mol. The molecule has 1 saturated heterocycles. The summed E-state index contributed by atoms with van der Waals surface area (Å²) in [4.78, 5) is 30.9. The smallest absolute Gasteiger partial charge is 0.264 e. The standard InChI is InChI=1S/C37H46ClN3O6S/c1-23-6-4-16-37(44,31-14-17-40(3)35(31)43)30-11-8-27(30)20-41-21-36(15-5-7-25-18-28(38)10-12-29(25)36)22-47-33-13-9-26(19-32(33)41)34(42)39-48(45,46)24(23)2/h4,9-10,12-13,16,18-19,23-24,27,30-31,44H,5-8,11,14-15,17,20-22H2,1-3H3,(H,39,42)/b16-4-/t23-,24+,27-,30+,31+,36-,37-/m0/s1. The summed E-state index contributed by atoms with van der Waals surface area (Å²) < 4.78 is 35.8. The number of rotatable bonds is 1. The minimum atomic E-state index is -4.02. The quantitative estimate of drug-likeness (QED) is 0.400. The van der Waals surface area contributed by atoms with E-state index in [0.717, 1.165) is 37.8 Å². The lowest BCUT2D eigenvalue weighted by Crippen LogP contribution is -2.56. The van der Waals surface area contributed by atoms with Gasteiger partial charge in [-0.3, -0.25) is 9.59 Å². The van der Waals surface area contributed by atoms with E-state index >= 15 is 0 Å². The second-order valence-corrected chi connectivity index (χ2v) is 17.5. The molecule has 2 aromatic carbocycles. The number of allylic oxidation sites excluding steroid dienone is 1. The normalized spacial score (nSPS) is 35.5. The lowest BCUT2D eigenvalue weighted by molar-refractivity contribution is -0.143. The first-order chi connectivity index (χ1) is 22.8. The Morgan fingerprint density at radius 1 is 1.08 bits per heavy atom. The highest BCUT2D eigenvalue weighted by Gasteiger charge is 2.54. The number of nitrogens with zero attached hydrogens (tertiary/aromatic N) is 2. The van der Waals surface area contributed by atoms with Crippen LogP contribution in [0.25, 0.3) is 0 Å². The number of aryl methyl sites for hydroxylation is 1. The van der Waals surface area contributed by atoms with Gasteiger partial charge in [-0.15, -0.1) is 0 Å².